The van der Waals surface area contributed by atoms with Gasteiger partial charge in [-0.25, -0.2) is 0 Å². The molecule has 2 heterocycles. The first-order chi connectivity index (χ1) is 9.33. The fourth-order valence-corrected chi connectivity index (χ4v) is 2.27. The molecule has 0 aliphatic carbocycles. The molecular weight excluding hydrogens is 236 g/mol. The van der Waals surface area contributed by atoms with Crippen LogP contribution in [0.1, 0.15) is 12.7 Å². The fourth-order valence-electron chi connectivity index (χ4n) is 2.27. The minimum absolute atomic E-state index is 0.291. The van der Waals surface area contributed by atoms with Crippen LogP contribution in [-0.4, -0.2) is 11.0 Å². The summed E-state index contributed by atoms with van der Waals surface area (Å²) < 4.78 is 5.37. The van der Waals surface area contributed by atoms with E-state index in [0.717, 1.165) is 28.8 Å². The second kappa shape index (κ2) is 5.14. The summed E-state index contributed by atoms with van der Waals surface area (Å²) in [4.78, 5) is 4.45. The SMILES string of the molecule is CC(Cc1ccco1)Nc1cccc2cccnc12. The molecule has 0 fully saturated rings. The Morgan fingerprint density at radius 3 is 2.89 bits per heavy atom. The zero-order valence-electron chi connectivity index (χ0n) is 10.8. The van der Waals surface area contributed by atoms with Gasteiger partial charge in [-0.15, -0.1) is 0 Å². The van der Waals surface area contributed by atoms with E-state index in [1.807, 2.05) is 30.5 Å². The summed E-state index contributed by atoms with van der Waals surface area (Å²) in [6.45, 7) is 2.14. The second-order valence-electron chi connectivity index (χ2n) is 4.71. The van der Waals surface area contributed by atoms with E-state index in [0.29, 0.717) is 6.04 Å². The topological polar surface area (TPSA) is 38.1 Å². The van der Waals surface area contributed by atoms with Gasteiger partial charge in [-0.1, -0.05) is 18.2 Å². The highest BCUT2D eigenvalue weighted by Gasteiger charge is 2.08. The molecule has 19 heavy (non-hydrogen) atoms. The lowest BCUT2D eigenvalue weighted by Gasteiger charge is -2.15. The largest absolute Gasteiger partial charge is 0.469 e. The number of pyridine rings is 1. The molecule has 2 aromatic heterocycles. The van der Waals surface area contributed by atoms with Gasteiger partial charge in [-0.3, -0.25) is 4.98 Å². The Morgan fingerprint density at radius 1 is 1.16 bits per heavy atom. The normalized spacial score (nSPS) is 12.5. The van der Waals surface area contributed by atoms with Crippen LogP contribution in [0, 0.1) is 0 Å². The van der Waals surface area contributed by atoms with E-state index in [4.69, 9.17) is 4.42 Å². The summed E-state index contributed by atoms with van der Waals surface area (Å²) in [5.74, 6) is 0.994. The Kier molecular flexibility index (Phi) is 3.19. The van der Waals surface area contributed by atoms with Gasteiger partial charge in [0.25, 0.3) is 0 Å². The number of nitrogens with zero attached hydrogens (tertiary/aromatic N) is 1. The van der Waals surface area contributed by atoms with Crippen molar-refractivity contribution in [1.82, 2.24) is 4.98 Å². The first-order valence-electron chi connectivity index (χ1n) is 6.45. The summed E-state index contributed by atoms with van der Waals surface area (Å²) in [7, 11) is 0. The highest BCUT2D eigenvalue weighted by atomic mass is 16.3. The molecule has 0 saturated heterocycles. The smallest absolute Gasteiger partial charge is 0.105 e. The van der Waals surface area contributed by atoms with E-state index in [-0.39, 0.29) is 0 Å². The molecule has 0 aliphatic heterocycles. The third-order valence-electron chi connectivity index (χ3n) is 3.12. The van der Waals surface area contributed by atoms with Gasteiger partial charge in [0.2, 0.25) is 0 Å². The second-order valence-corrected chi connectivity index (χ2v) is 4.71. The third-order valence-corrected chi connectivity index (χ3v) is 3.12. The number of furan rings is 1. The van der Waals surface area contributed by atoms with Crippen LogP contribution >= 0.6 is 0 Å². The maximum absolute atomic E-state index is 5.37. The van der Waals surface area contributed by atoms with Crippen LogP contribution in [0.2, 0.25) is 0 Å². The van der Waals surface area contributed by atoms with Crippen LogP contribution < -0.4 is 5.32 Å². The molecule has 0 spiro atoms. The van der Waals surface area contributed by atoms with E-state index < -0.39 is 0 Å². The minimum atomic E-state index is 0.291. The van der Waals surface area contributed by atoms with Crippen molar-refractivity contribution in [1.29, 1.82) is 0 Å². The highest BCUT2D eigenvalue weighted by molar-refractivity contribution is 5.90. The molecule has 0 amide bonds. The Bertz CT molecular complexity index is 656. The number of para-hydroxylation sites is 1. The molecule has 3 nitrogen and oxygen atoms in total. The molecule has 1 unspecified atom stereocenters. The monoisotopic (exact) mass is 252 g/mol. The number of aromatic nitrogens is 1. The summed E-state index contributed by atoms with van der Waals surface area (Å²) in [6, 6.07) is 14.4. The Hall–Kier alpha value is -2.29. The Morgan fingerprint density at radius 2 is 2.05 bits per heavy atom. The Labute approximate surface area is 112 Å². The number of benzene rings is 1. The molecule has 0 saturated carbocycles. The van der Waals surface area contributed by atoms with E-state index in [9.17, 15) is 0 Å². The predicted octanol–water partition coefficient (Wildman–Crippen LogP) is 3.87. The van der Waals surface area contributed by atoms with Crippen LogP contribution in [0.3, 0.4) is 0 Å². The van der Waals surface area contributed by atoms with Gasteiger partial charge in [-0.2, -0.15) is 0 Å². The number of anilines is 1. The highest BCUT2D eigenvalue weighted by Crippen LogP contribution is 2.21. The lowest BCUT2D eigenvalue weighted by atomic mass is 10.1. The molecule has 0 aliphatic rings. The number of rotatable bonds is 4. The van der Waals surface area contributed by atoms with E-state index >= 15 is 0 Å². The lowest BCUT2D eigenvalue weighted by molar-refractivity contribution is 0.498. The zero-order valence-corrected chi connectivity index (χ0v) is 10.8. The lowest BCUT2D eigenvalue weighted by Crippen LogP contribution is -2.18. The van der Waals surface area contributed by atoms with Crippen molar-refractivity contribution >= 4 is 16.6 Å². The van der Waals surface area contributed by atoms with Crippen molar-refractivity contribution in [2.24, 2.45) is 0 Å². The predicted molar refractivity (Wildman–Crippen MR) is 77.2 cm³/mol. The van der Waals surface area contributed by atoms with Crippen molar-refractivity contribution < 1.29 is 4.42 Å². The van der Waals surface area contributed by atoms with Crippen LogP contribution in [0.25, 0.3) is 10.9 Å². The van der Waals surface area contributed by atoms with E-state index in [1.165, 1.54) is 0 Å². The molecular formula is C16H16N2O. The van der Waals surface area contributed by atoms with Crippen LogP contribution in [0.4, 0.5) is 5.69 Å². The molecule has 1 N–H and O–H groups in total. The van der Waals surface area contributed by atoms with Crippen molar-refractivity contribution in [2.75, 3.05) is 5.32 Å². The van der Waals surface area contributed by atoms with Crippen molar-refractivity contribution in [3.8, 4) is 0 Å². The summed E-state index contributed by atoms with van der Waals surface area (Å²) in [5, 5.41) is 4.65. The van der Waals surface area contributed by atoms with Crippen molar-refractivity contribution in [3.05, 3.63) is 60.7 Å². The van der Waals surface area contributed by atoms with Gasteiger partial charge in [0.05, 0.1) is 17.5 Å². The average Bonchev–Trinajstić information content (AvgIpc) is 2.92. The Balaban J connectivity index is 1.81. The summed E-state index contributed by atoms with van der Waals surface area (Å²) >= 11 is 0. The zero-order chi connectivity index (χ0) is 13.1. The van der Waals surface area contributed by atoms with Gasteiger partial charge in [-0.05, 0) is 31.2 Å². The number of hydrogen-bond donors (Lipinski definition) is 1. The molecule has 96 valence electrons. The first kappa shape index (κ1) is 11.8. The molecule has 3 aromatic rings. The number of nitrogens with one attached hydrogen (secondary N) is 1. The number of hydrogen-bond acceptors (Lipinski definition) is 3. The van der Waals surface area contributed by atoms with Crippen LogP contribution in [0.5, 0.6) is 0 Å². The van der Waals surface area contributed by atoms with Crippen molar-refractivity contribution in [3.63, 3.8) is 0 Å². The van der Waals surface area contributed by atoms with Crippen molar-refractivity contribution in [2.45, 2.75) is 19.4 Å². The minimum Gasteiger partial charge on any atom is -0.469 e. The maximum atomic E-state index is 5.37. The van der Waals surface area contributed by atoms with Crippen LogP contribution in [-0.2, 0) is 6.42 Å². The average molecular weight is 252 g/mol. The van der Waals surface area contributed by atoms with Gasteiger partial charge < -0.3 is 9.73 Å². The summed E-state index contributed by atoms with van der Waals surface area (Å²) in [5.41, 5.74) is 2.08. The quantitative estimate of drug-likeness (QED) is 0.766. The van der Waals surface area contributed by atoms with Gasteiger partial charge >= 0.3 is 0 Å². The molecule has 0 bridgehead atoms. The van der Waals surface area contributed by atoms with E-state index in [1.54, 1.807) is 6.26 Å². The molecule has 3 heteroatoms. The van der Waals surface area contributed by atoms with Crippen LogP contribution in [0.15, 0.2) is 59.3 Å². The van der Waals surface area contributed by atoms with Gasteiger partial charge in [0, 0.05) is 24.0 Å². The van der Waals surface area contributed by atoms with Gasteiger partial charge in [0.1, 0.15) is 5.76 Å². The van der Waals surface area contributed by atoms with Gasteiger partial charge in [0.15, 0.2) is 0 Å². The first-order valence-corrected chi connectivity index (χ1v) is 6.45. The third kappa shape index (κ3) is 2.60. The number of fused-ring (bicyclic) bond motifs is 1. The maximum Gasteiger partial charge on any atom is 0.105 e. The fraction of sp³-hybridized carbons (Fsp3) is 0.188. The molecule has 0 radical (unpaired) electrons. The molecule has 3 rings (SSSR count). The summed E-state index contributed by atoms with van der Waals surface area (Å²) in [6.07, 6.45) is 4.39. The molecule has 1 atom stereocenters. The molecule has 1 aromatic carbocycles. The standard InChI is InChI=1S/C16H16N2O/c1-12(11-14-7-4-10-19-14)18-15-8-2-5-13-6-3-9-17-16(13)15/h2-10,12,18H,11H2,1H3. The van der Waals surface area contributed by atoms with E-state index in [2.05, 4.69) is 35.4 Å².